The molecule has 0 aliphatic heterocycles. The number of fused-ring (bicyclic) bond motifs is 1. The average molecular weight is 222 g/mol. The molecule has 0 bridgehead atoms. The Morgan fingerprint density at radius 1 is 1.56 bits per heavy atom. The van der Waals surface area contributed by atoms with E-state index < -0.39 is 16.9 Å². The number of nitro groups is 1. The Kier molecular flexibility index (Phi) is 2.28. The molecule has 0 saturated carbocycles. The van der Waals surface area contributed by atoms with Gasteiger partial charge in [0, 0.05) is 9.91 Å². The molecule has 82 valence electrons. The van der Waals surface area contributed by atoms with Gasteiger partial charge in [0.2, 0.25) is 5.52 Å². The van der Waals surface area contributed by atoms with Crippen molar-refractivity contribution < 1.29 is 19.2 Å². The molecule has 0 unspecified atom stereocenters. The number of aromatic nitrogens is 1. The van der Waals surface area contributed by atoms with E-state index in [1.807, 2.05) is 0 Å². The monoisotopic (exact) mass is 222 g/mol. The Hall–Kier alpha value is -2.44. The molecule has 1 aromatic heterocycles. The van der Waals surface area contributed by atoms with Crippen molar-refractivity contribution in [3.05, 3.63) is 33.9 Å². The van der Waals surface area contributed by atoms with Gasteiger partial charge >= 0.3 is 12.0 Å². The van der Waals surface area contributed by atoms with Crippen LogP contribution < -0.4 is 0 Å². The molecule has 0 spiro atoms. The second kappa shape index (κ2) is 3.61. The van der Waals surface area contributed by atoms with Gasteiger partial charge in [-0.1, -0.05) is 6.07 Å². The topological polar surface area (TPSA) is 106 Å². The van der Waals surface area contributed by atoms with Crippen LogP contribution in [0, 0.1) is 10.1 Å². The van der Waals surface area contributed by atoms with Gasteiger partial charge < -0.3 is 19.6 Å². The number of carboxylic acids is 1. The zero-order chi connectivity index (χ0) is 11.7. The molecule has 0 aliphatic carbocycles. The normalized spacial score (nSPS) is 10.5. The molecular formula is C9H6N2O5. The highest BCUT2D eigenvalue weighted by atomic mass is 16.7. The summed E-state index contributed by atoms with van der Waals surface area (Å²) in [5, 5.41) is 19.0. The molecule has 0 aliphatic rings. The van der Waals surface area contributed by atoms with Crippen molar-refractivity contribution in [1.82, 2.24) is 4.98 Å². The molecule has 1 N–H and O–H groups in total. The fraction of sp³-hybridized carbons (Fsp3) is 0.111. The standard InChI is InChI=1S/C9H6N2O5/c12-8(13)4-5-1-2-6-7(3-5)16-9(10-6)11(14)15/h1-3H,4H2,(H,12,13). The molecule has 1 aromatic carbocycles. The number of aliphatic carboxylic acids is 1. The molecule has 7 nitrogen and oxygen atoms in total. The third-order valence-corrected chi connectivity index (χ3v) is 1.95. The van der Waals surface area contributed by atoms with E-state index in [4.69, 9.17) is 9.52 Å². The van der Waals surface area contributed by atoms with Crippen LogP contribution in [0.2, 0.25) is 0 Å². The van der Waals surface area contributed by atoms with E-state index in [0.717, 1.165) is 0 Å². The molecule has 0 radical (unpaired) electrons. The molecule has 0 atom stereocenters. The number of carbonyl (C=O) groups is 1. The van der Waals surface area contributed by atoms with E-state index >= 15 is 0 Å². The van der Waals surface area contributed by atoms with E-state index in [1.54, 1.807) is 6.07 Å². The van der Waals surface area contributed by atoms with Crippen LogP contribution in [0.4, 0.5) is 6.01 Å². The SMILES string of the molecule is O=C(O)Cc1ccc2nc([N+](=O)[O-])oc2c1. The summed E-state index contributed by atoms with van der Waals surface area (Å²) in [6.07, 6.45) is -0.162. The summed E-state index contributed by atoms with van der Waals surface area (Å²) < 4.78 is 4.85. The van der Waals surface area contributed by atoms with Gasteiger partial charge in [0.15, 0.2) is 5.58 Å². The van der Waals surface area contributed by atoms with Crippen LogP contribution in [0.1, 0.15) is 5.56 Å². The van der Waals surface area contributed by atoms with Crippen LogP contribution in [0.3, 0.4) is 0 Å². The molecule has 2 rings (SSSR count). The second-order valence-corrected chi connectivity index (χ2v) is 3.13. The van der Waals surface area contributed by atoms with Crippen molar-refractivity contribution in [2.24, 2.45) is 0 Å². The summed E-state index contributed by atoms with van der Waals surface area (Å²) in [6, 6.07) is 3.87. The smallest absolute Gasteiger partial charge is 0.481 e. The van der Waals surface area contributed by atoms with Crippen LogP contribution in [-0.2, 0) is 11.2 Å². The summed E-state index contributed by atoms with van der Waals surface area (Å²) in [4.78, 5) is 23.7. The van der Waals surface area contributed by atoms with Crippen molar-refractivity contribution in [3.63, 3.8) is 0 Å². The maximum atomic E-state index is 10.5. The molecular weight excluding hydrogens is 216 g/mol. The summed E-state index contributed by atoms with van der Waals surface area (Å²) in [5.41, 5.74) is 1.05. The maximum Gasteiger partial charge on any atom is 0.546 e. The van der Waals surface area contributed by atoms with Crippen molar-refractivity contribution in [2.75, 3.05) is 0 Å². The Labute approximate surface area is 88.5 Å². The maximum absolute atomic E-state index is 10.5. The van der Waals surface area contributed by atoms with Crippen molar-refractivity contribution in [1.29, 1.82) is 0 Å². The predicted molar refractivity (Wildman–Crippen MR) is 52.0 cm³/mol. The molecule has 1 heterocycles. The van der Waals surface area contributed by atoms with Gasteiger partial charge in [0.1, 0.15) is 0 Å². The Morgan fingerprint density at radius 2 is 2.31 bits per heavy atom. The summed E-state index contributed by atoms with van der Waals surface area (Å²) in [6.45, 7) is 0. The highest BCUT2D eigenvalue weighted by Gasteiger charge is 2.17. The minimum absolute atomic E-state index is 0.162. The third kappa shape index (κ3) is 1.83. The lowest BCUT2D eigenvalue weighted by molar-refractivity contribution is -0.406. The predicted octanol–water partition coefficient (Wildman–Crippen LogP) is 1.36. The van der Waals surface area contributed by atoms with Gasteiger partial charge in [-0.05, 0) is 17.7 Å². The average Bonchev–Trinajstić information content (AvgIpc) is 2.59. The van der Waals surface area contributed by atoms with Crippen molar-refractivity contribution >= 4 is 23.1 Å². The van der Waals surface area contributed by atoms with Gasteiger partial charge in [0.25, 0.3) is 0 Å². The zero-order valence-corrected chi connectivity index (χ0v) is 7.91. The largest absolute Gasteiger partial charge is 0.546 e. The van der Waals surface area contributed by atoms with Gasteiger partial charge in [-0.3, -0.25) is 4.79 Å². The van der Waals surface area contributed by atoms with E-state index in [-0.39, 0.29) is 12.0 Å². The molecule has 7 heteroatoms. The van der Waals surface area contributed by atoms with Gasteiger partial charge in [-0.15, -0.1) is 0 Å². The molecule has 0 amide bonds. The number of benzene rings is 1. The highest BCUT2D eigenvalue weighted by Crippen LogP contribution is 2.21. The lowest BCUT2D eigenvalue weighted by Gasteiger charge is -1.93. The first-order chi connectivity index (χ1) is 7.56. The van der Waals surface area contributed by atoms with Crippen LogP contribution in [0.15, 0.2) is 22.6 Å². The van der Waals surface area contributed by atoms with Crippen molar-refractivity contribution in [2.45, 2.75) is 6.42 Å². The second-order valence-electron chi connectivity index (χ2n) is 3.13. The van der Waals surface area contributed by atoms with Gasteiger partial charge in [-0.2, -0.15) is 0 Å². The van der Waals surface area contributed by atoms with Crippen LogP contribution in [0.25, 0.3) is 11.1 Å². The van der Waals surface area contributed by atoms with E-state index in [1.165, 1.54) is 12.1 Å². The molecule has 2 aromatic rings. The minimum Gasteiger partial charge on any atom is -0.481 e. The summed E-state index contributed by atoms with van der Waals surface area (Å²) in [7, 11) is 0. The Balaban J connectivity index is 2.45. The van der Waals surface area contributed by atoms with Gasteiger partial charge in [-0.25, -0.2) is 0 Å². The number of oxazole rings is 1. The lowest BCUT2D eigenvalue weighted by Crippen LogP contribution is -1.99. The number of rotatable bonds is 3. The van der Waals surface area contributed by atoms with Crippen LogP contribution >= 0.6 is 0 Å². The molecule has 0 fully saturated rings. The molecule has 16 heavy (non-hydrogen) atoms. The Bertz CT molecular complexity index is 574. The quantitative estimate of drug-likeness (QED) is 0.620. The first kappa shape index (κ1) is 10.1. The van der Waals surface area contributed by atoms with Crippen LogP contribution in [0.5, 0.6) is 0 Å². The lowest BCUT2D eigenvalue weighted by atomic mass is 10.1. The first-order valence-corrected chi connectivity index (χ1v) is 4.32. The zero-order valence-electron chi connectivity index (χ0n) is 7.91. The van der Waals surface area contributed by atoms with E-state index in [0.29, 0.717) is 11.1 Å². The van der Waals surface area contributed by atoms with Gasteiger partial charge in [0.05, 0.1) is 6.42 Å². The number of hydrogen-bond donors (Lipinski definition) is 1. The molecule has 0 saturated heterocycles. The fourth-order valence-corrected chi connectivity index (χ4v) is 1.32. The minimum atomic E-state index is -0.978. The summed E-state index contributed by atoms with van der Waals surface area (Å²) in [5.74, 6) is -0.978. The van der Waals surface area contributed by atoms with E-state index in [2.05, 4.69) is 4.98 Å². The van der Waals surface area contributed by atoms with Crippen LogP contribution in [-0.4, -0.2) is 21.0 Å². The van der Waals surface area contributed by atoms with Crippen molar-refractivity contribution in [3.8, 4) is 0 Å². The summed E-state index contributed by atoms with van der Waals surface area (Å²) >= 11 is 0. The number of nitrogens with zero attached hydrogens (tertiary/aromatic N) is 2. The number of hydrogen-bond acceptors (Lipinski definition) is 5. The Morgan fingerprint density at radius 3 is 2.94 bits per heavy atom. The number of carboxylic acid groups (broad SMARTS) is 1. The fourth-order valence-electron chi connectivity index (χ4n) is 1.32. The van der Waals surface area contributed by atoms with E-state index in [9.17, 15) is 14.9 Å². The third-order valence-electron chi connectivity index (χ3n) is 1.95. The first-order valence-electron chi connectivity index (χ1n) is 4.32. The highest BCUT2D eigenvalue weighted by molar-refractivity contribution is 5.77.